The number of aromatic amines is 1. The van der Waals surface area contributed by atoms with Crippen molar-refractivity contribution in [1.82, 2.24) is 20.3 Å². The maximum atomic E-state index is 12.8. The second kappa shape index (κ2) is 10.6. The molecule has 1 amide bonds. The fourth-order valence-electron chi connectivity index (χ4n) is 3.61. The number of piperidine rings is 1. The van der Waals surface area contributed by atoms with Crippen LogP contribution in [0, 0.1) is 6.92 Å². The number of aryl methyl sites for hydroxylation is 2. The minimum absolute atomic E-state index is 0.0165. The summed E-state index contributed by atoms with van der Waals surface area (Å²) in [6.07, 6.45) is 1.06. The van der Waals surface area contributed by atoms with Gasteiger partial charge in [-0.2, -0.15) is 0 Å². The molecule has 0 spiro atoms. The number of hydrogen-bond donors (Lipinski definition) is 2. The fraction of sp³-hybridized carbons (Fsp3) is 0.619. The highest BCUT2D eigenvalue weighted by Gasteiger charge is 2.34. The zero-order chi connectivity index (χ0) is 23.4. The fourth-order valence-corrected chi connectivity index (χ4v) is 4.87. The summed E-state index contributed by atoms with van der Waals surface area (Å²) in [5, 5.41) is 4.11. The van der Waals surface area contributed by atoms with Crippen LogP contribution in [-0.2, 0) is 15.9 Å². The standard InChI is InChI=1S/C21H30ClN5O4S/c1-6-13-17(22)26-18(24-13)19(28)25-14-8-9-27(10-15(14)31-11(3)4)21-23-12(5)16(32-21)20(29)30-7-2/h11,14-15H,6-10H2,1-5H3,(H,24,26)(H,25,28)/t14-,15+/m1/s1. The highest BCUT2D eigenvalue weighted by Crippen LogP contribution is 2.30. The molecule has 1 saturated heterocycles. The first kappa shape index (κ1) is 24.5. The monoisotopic (exact) mass is 483 g/mol. The Morgan fingerprint density at radius 2 is 2.09 bits per heavy atom. The first-order valence-electron chi connectivity index (χ1n) is 10.8. The lowest BCUT2D eigenvalue weighted by molar-refractivity contribution is -0.0167. The van der Waals surface area contributed by atoms with Crippen molar-refractivity contribution >= 4 is 39.9 Å². The number of anilines is 1. The molecule has 9 nitrogen and oxygen atoms in total. The summed E-state index contributed by atoms with van der Waals surface area (Å²) in [4.78, 5) is 39.2. The Kier molecular flexibility index (Phi) is 8.13. The highest BCUT2D eigenvalue weighted by atomic mass is 35.5. The van der Waals surface area contributed by atoms with E-state index in [1.165, 1.54) is 11.3 Å². The van der Waals surface area contributed by atoms with E-state index in [0.29, 0.717) is 48.3 Å². The quantitative estimate of drug-likeness (QED) is 0.554. The summed E-state index contributed by atoms with van der Waals surface area (Å²) in [5.74, 6) is -0.460. The van der Waals surface area contributed by atoms with Crippen molar-refractivity contribution in [2.75, 3.05) is 24.6 Å². The van der Waals surface area contributed by atoms with Crippen LogP contribution in [0.4, 0.5) is 5.13 Å². The summed E-state index contributed by atoms with van der Waals surface area (Å²) in [6, 6.07) is -0.194. The first-order chi connectivity index (χ1) is 15.2. The second-order valence-corrected chi connectivity index (χ2v) is 9.21. The normalized spacial score (nSPS) is 18.8. The minimum Gasteiger partial charge on any atom is -0.462 e. The average molecular weight is 484 g/mol. The Hall–Kier alpha value is -2.17. The lowest BCUT2D eigenvalue weighted by Crippen LogP contribution is -2.56. The van der Waals surface area contributed by atoms with Crippen LogP contribution in [0.2, 0.25) is 5.15 Å². The number of thiazole rings is 1. The van der Waals surface area contributed by atoms with E-state index < -0.39 is 0 Å². The van der Waals surface area contributed by atoms with Crippen molar-refractivity contribution in [2.45, 2.75) is 65.7 Å². The Balaban J connectivity index is 1.73. The van der Waals surface area contributed by atoms with Crippen molar-refractivity contribution in [3.05, 3.63) is 27.2 Å². The molecule has 3 rings (SSSR count). The molecule has 32 heavy (non-hydrogen) atoms. The number of amides is 1. The lowest BCUT2D eigenvalue weighted by atomic mass is 10.0. The first-order valence-corrected chi connectivity index (χ1v) is 12.0. The Morgan fingerprint density at radius 1 is 1.34 bits per heavy atom. The molecule has 0 aliphatic carbocycles. The minimum atomic E-state index is -0.352. The predicted octanol–water partition coefficient (Wildman–Crippen LogP) is 3.37. The van der Waals surface area contributed by atoms with E-state index in [4.69, 9.17) is 21.1 Å². The van der Waals surface area contributed by atoms with Gasteiger partial charge in [0.15, 0.2) is 16.1 Å². The molecule has 2 N–H and O–H groups in total. The Bertz CT molecular complexity index is 960. The number of nitrogens with zero attached hydrogens (tertiary/aromatic N) is 3. The summed E-state index contributed by atoms with van der Waals surface area (Å²) < 4.78 is 11.3. The van der Waals surface area contributed by atoms with E-state index in [1.807, 2.05) is 20.8 Å². The highest BCUT2D eigenvalue weighted by molar-refractivity contribution is 7.17. The molecule has 1 aliphatic heterocycles. The van der Waals surface area contributed by atoms with Crippen LogP contribution in [0.3, 0.4) is 0 Å². The van der Waals surface area contributed by atoms with Gasteiger partial charge in [0, 0.05) is 13.1 Å². The zero-order valence-corrected chi connectivity index (χ0v) is 20.6. The van der Waals surface area contributed by atoms with Gasteiger partial charge in [0.05, 0.1) is 36.2 Å². The van der Waals surface area contributed by atoms with E-state index in [-0.39, 0.29) is 36.0 Å². The number of ether oxygens (including phenoxy) is 2. The Labute approximate surface area is 196 Å². The van der Waals surface area contributed by atoms with Crippen LogP contribution in [0.1, 0.15) is 65.8 Å². The largest absolute Gasteiger partial charge is 0.462 e. The molecule has 1 fully saturated rings. The Morgan fingerprint density at radius 3 is 2.72 bits per heavy atom. The van der Waals surface area contributed by atoms with E-state index >= 15 is 0 Å². The number of carbonyl (C=O) groups is 2. The van der Waals surface area contributed by atoms with Gasteiger partial charge in [-0.15, -0.1) is 0 Å². The number of rotatable bonds is 8. The van der Waals surface area contributed by atoms with Gasteiger partial charge in [0.2, 0.25) is 0 Å². The molecule has 3 heterocycles. The van der Waals surface area contributed by atoms with Gasteiger partial charge >= 0.3 is 5.97 Å². The third-order valence-electron chi connectivity index (χ3n) is 5.14. The van der Waals surface area contributed by atoms with Crippen molar-refractivity contribution in [1.29, 1.82) is 0 Å². The molecule has 0 radical (unpaired) electrons. The van der Waals surface area contributed by atoms with E-state index in [0.717, 1.165) is 10.8 Å². The number of esters is 1. The molecule has 2 aromatic rings. The summed E-state index contributed by atoms with van der Waals surface area (Å²) >= 11 is 7.40. The third kappa shape index (κ3) is 5.60. The van der Waals surface area contributed by atoms with E-state index in [1.54, 1.807) is 13.8 Å². The molecule has 2 atom stereocenters. The van der Waals surface area contributed by atoms with Crippen LogP contribution in [0.25, 0.3) is 0 Å². The number of hydrogen-bond acceptors (Lipinski definition) is 8. The SMILES string of the molecule is CCOC(=O)c1sc(N2CC[C@@H](NC(=O)c3nc(Cl)c(CC)[nH]3)[C@@H](OC(C)C)C2)nc1C. The van der Waals surface area contributed by atoms with Crippen LogP contribution in [-0.4, -0.2) is 64.8 Å². The average Bonchev–Trinajstić information content (AvgIpc) is 3.31. The smallest absolute Gasteiger partial charge is 0.350 e. The molecule has 0 aromatic carbocycles. The molecule has 1 aliphatic rings. The molecule has 0 bridgehead atoms. The lowest BCUT2D eigenvalue weighted by Gasteiger charge is -2.39. The molecule has 0 unspecified atom stereocenters. The summed E-state index contributed by atoms with van der Waals surface area (Å²) in [5.41, 5.74) is 1.39. The number of carbonyl (C=O) groups excluding carboxylic acids is 2. The van der Waals surface area contributed by atoms with Gasteiger partial charge in [-0.3, -0.25) is 4.79 Å². The molecular formula is C21H30ClN5O4S. The van der Waals surface area contributed by atoms with Gasteiger partial charge in [0.25, 0.3) is 5.91 Å². The van der Waals surface area contributed by atoms with Gasteiger partial charge in [-0.05, 0) is 40.5 Å². The van der Waals surface area contributed by atoms with Crippen molar-refractivity contribution < 1.29 is 19.1 Å². The number of imidazole rings is 1. The van der Waals surface area contributed by atoms with Gasteiger partial charge in [0.1, 0.15) is 4.88 Å². The second-order valence-electron chi connectivity index (χ2n) is 7.88. The van der Waals surface area contributed by atoms with Crippen LogP contribution in [0.5, 0.6) is 0 Å². The molecule has 2 aromatic heterocycles. The van der Waals surface area contributed by atoms with Crippen molar-refractivity contribution in [3.8, 4) is 0 Å². The van der Waals surface area contributed by atoms with Crippen LogP contribution in [0.15, 0.2) is 0 Å². The van der Waals surface area contributed by atoms with Crippen LogP contribution >= 0.6 is 22.9 Å². The van der Waals surface area contributed by atoms with Gasteiger partial charge in [-0.25, -0.2) is 14.8 Å². The van der Waals surface area contributed by atoms with Crippen molar-refractivity contribution in [2.24, 2.45) is 0 Å². The number of nitrogens with one attached hydrogen (secondary N) is 2. The maximum Gasteiger partial charge on any atom is 0.350 e. The summed E-state index contributed by atoms with van der Waals surface area (Å²) in [7, 11) is 0. The number of halogens is 1. The summed E-state index contributed by atoms with van der Waals surface area (Å²) in [6.45, 7) is 11.0. The number of aromatic nitrogens is 3. The molecule has 0 saturated carbocycles. The number of H-pyrrole nitrogens is 1. The third-order valence-corrected chi connectivity index (χ3v) is 6.65. The zero-order valence-electron chi connectivity index (χ0n) is 19.0. The van der Waals surface area contributed by atoms with Crippen LogP contribution < -0.4 is 10.2 Å². The molecule has 11 heteroatoms. The topological polar surface area (TPSA) is 109 Å². The maximum absolute atomic E-state index is 12.8. The molecular weight excluding hydrogens is 454 g/mol. The van der Waals surface area contributed by atoms with E-state index in [9.17, 15) is 9.59 Å². The van der Waals surface area contributed by atoms with Crippen molar-refractivity contribution in [3.63, 3.8) is 0 Å². The van der Waals surface area contributed by atoms with Gasteiger partial charge < -0.3 is 24.7 Å². The molecule has 176 valence electrons. The van der Waals surface area contributed by atoms with E-state index in [2.05, 4.69) is 25.2 Å². The van der Waals surface area contributed by atoms with Gasteiger partial charge in [-0.1, -0.05) is 29.9 Å². The predicted molar refractivity (Wildman–Crippen MR) is 124 cm³/mol.